The predicted molar refractivity (Wildman–Crippen MR) is 112 cm³/mol. The lowest BCUT2D eigenvalue weighted by Crippen LogP contribution is -2.42. The topological polar surface area (TPSA) is 82.1 Å². The second kappa shape index (κ2) is 10.2. The van der Waals surface area contributed by atoms with Crippen LogP contribution in [0.25, 0.3) is 6.08 Å². The molecule has 156 valence electrons. The zero-order chi connectivity index (χ0) is 21.6. The highest BCUT2D eigenvalue weighted by Gasteiger charge is 2.41. The molecule has 1 atom stereocenters. The van der Waals surface area contributed by atoms with Crippen LogP contribution in [-0.2, 0) is 20.7 Å². The maximum atomic E-state index is 12.7. The van der Waals surface area contributed by atoms with E-state index in [-0.39, 0.29) is 4.91 Å². The number of rotatable bonds is 9. The molecule has 1 heterocycles. The van der Waals surface area contributed by atoms with E-state index in [4.69, 9.17) is 9.47 Å². The average molecular weight is 419 g/mol. The molecule has 0 aliphatic carbocycles. The molecule has 1 saturated heterocycles. The van der Waals surface area contributed by atoms with Gasteiger partial charge in [-0.1, -0.05) is 6.08 Å². The number of hydrogen-bond acceptors (Lipinski definition) is 7. The van der Waals surface area contributed by atoms with Crippen LogP contribution in [0.2, 0.25) is 0 Å². The molecule has 0 spiro atoms. The van der Waals surface area contributed by atoms with E-state index in [0.717, 1.165) is 22.2 Å². The van der Waals surface area contributed by atoms with Crippen molar-refractivity contribution < 1.29 is 28.6 Å². The Bertz CT molecular complexity index is 848. The number of imide groups is 1. The summed E-state index contributed by atoms with van der Waals surface area (Å²) in [6, 6.07) is 2.64. The van der Waals surface area contributed by atoms with Gasteiger partial charge in [-0.2, -0.15) is 0 Å². The average Bonchev–Trinajstić information content (AvgIpc) is 2.96. The summed E-state index contributed by atoms with van der Waals surface area (Å²) in [6.45, 7) is 9.92. The molecule has 2 amide bonds. The third-order valence-corrected chi connectivity index (χ3v) is 5.04. The molecule has 1 aromatic rings. The van der Waals surface area contributed by atoms with Crippen LogP contribution >= 0.6 is 11.8 Å². The van der Waals surface area contributed by atoms with Gasteiger partial charge in [0, 0.05) is 5.56 Å². The Morgan fingerprint density at radius 2 is 1.93 bits per heavy atom. The monoisotopic (exact) mass is 419 g/mol. The summed E-state index contributed by atoms with van der Waals surface area (Å²) in [5.41, 5.74) is 1.55. The first kappa shape index (κ1) is 22.5. The minimum Gasteiger partial charge on any atom is -0.490 e. The lowest BCUT2D eigenvalue weighted by molar-refractivity contribution is -0.148. The quantitative estimate of drug-likeness (QED) is 0.342. The molecule has 0 saturated carbocycles. The van der Waals surface area contributed by atoms with Gasteiger partial charge >= 0.3 is 5.97 Å². The highest BCUT2D eigenvalue weighted by atomic mass is 32.2. The zero-order valence-corrected chi connectivity index (χ0v) is 17.8. The van der Waals surface area contributed by atoms with Crippen LogP contribution in [0, 0.1) is 0 Å². The number of methoxy groups -OCH3 is 1. The summed E-state index contributed by atoms with van der Waals surface area (Å²) < 4.78 is 16.1. The van der Waals surface area contributed by atoms with Gasteiger partial charge < -0.3 is 14.2 Å². The second-order valence-electron chi connectivity index (χ2n) is 6.12. The smallest absolute Gasteiger partial charge is 0.328 e. The molecule has 29 heavy (non-hydrogen) atoms. The van der Waals surface area contributed by atoms with Gasteiger partial charge in [0.05, 0.1) is 25.2 Å². The van der Waals surface area contributed by atoms with Gasteiger partial charge in [0.25, 0.3) is 11.1 Å². The van der Waals surface area contributed by atoms with E-state index in [1.807, 2.05) is 19.9 Å². The second-order valence-corrected chi connectivity index (χ2v) is 7.11. The molecule has 1 aliphatic rings. The van der Waals surface area contributed by atoms with Gasteiger partial charge in [-0.05, 0) is 62.7 Å². The maximum Gasteiger partial charge on any atom is 0.328 e. The van der Waals surface area contributed by atoms with Crippen LogP contribution < -0.4 is 9.47 Å². The number of hydrogen-bond donors (Lipinski definition) is 0. The van der Waals surface area contributed by atoms with Crippen molar-refractivity contribution in [1.82, 2.24) is 4.90 Å². The van der Waals surface area contributed by atoms with Crippen LogP contribution in [-0.4, -0.2) is 48.4 Å². The Hall–Kier alpha value is -2.74. The fraction of sp³-hybridized carbons (Fsp3) is 0.381. The number of benzene rings is 1. The molecule has 0 unspecified atom stereocenters. The lowest BCUT2D eigenvalue weighted by atomic mass is 10.0. The van der Waals surface area contributed by atoms with Crippen molar-refractivity contribution in [3.8, 4) is 11.5 Å². The van der Waals surface area contributed by atoms with E-state index >= 15 is 0 Å². The van der Waals surface area contributed by atoms with Crippen molar-refractivity contribution in [3.63, 3.8) is 0 Å². The number of thioether (sulfide) groups is 1. The lowest BCUT2D eigenvalue weighted by Gasteiger charge is -2.18. The summed E-state index contributed by atoms with van der Waals surface area (Å²) >= 11 is 0.784. The molecule has 0 aromatic heterocycles. The van der Waals surface area contributed by atoms with Gasteiger partial charge in [0.1, 0.15) is 6.04 Å². The van der Waals surface area contributed by atoms with Gasteiger partial charge in [-0.25, -0.2) is 4.79 Å². The first-order valence-electron chi connectivity index (χ1n) is 9.26. The minimum absolute atomic E-state index is 0.224. The molecule has 1 aromatic carbocycles. The van der Waals surface area contributed by atoms with E-state index in [1.54, 1.807) is 18.2 Å². The highest BCUT2D eigenvalue weighted by molar-refractivity contribution is 8.18. The molecular formula is C21H25NO6S. The summed E-state index contributed by atoms with van der Waals surface area (Å²) in [5.74, 6) is 0.0115. The first-order valence-corrected chi connectivity index (χ1v) is 10.1. The Balaban J connectivity index is 2.45. The SMILES string of the molecule is C=CCc1cc(/C=C2/SC(=O)N([C@H](C)C(=O)OC)C2=O)cc(OCC)c1OCC. The van der Waals surface area contributed by atoms with E-state index in [1.165, 1.54) is 14.0 Å². The number of carbonyl (C=O) groups excluding carboxylic acids is 3. The molecule has 7 nitrogen and oxygen atoms in total. The number of carbonyl (C=O) groups is 3. The van der Waals surface area contributed by atoms with Crippen molar-refractivity contribution in [2.24, 2.45) is 0 Å². The van der Waals surface area contributed by atoms with Gasteiger partial charge in [0.15, 0.2) is 11.5 Å². The van der Waals surface area contributed by atoms with Crippen molar-refractivity contribution in [2.75, 3.05) is 20.3 Å². The van der Waals surface area contributed by atoms with Crippen molar-refractivity contribution in [3.05, 3.63) is 40.8 Å². The Morgan fingerprint density at radius 3 is 2.52 bits per heavy atom. The molecular weight excluding hydrogens is 394 g/mol. The van der Waals surface area contributed by atoms with Crippen molar-refractivity contribution >= 4 is 35.0 Å². The normalized spacial score (nSPS) is 16.1. The zero-order valence-electron chi connectivity index (χ0n) is 17.0. The Kier molecular flexibility index (Phi) is 7.90. The Morgan fingerprint density at radius 1 is 1.24 bits per heavy atom. The fourth-order valence-corrected chi connectivity index (χ4v) is 3.79. The van der Waals surface area contributed by atoms with Crippen LogP contribution in [0.1, 0.15) is 31.9 Å². The number of amides is 2. The first-order chi connectivity index (χ1) is 13.9. The van der Waals surface area contributed by atoms with Crippen LogP contribution in [0.3, 0.4) is 0 Å². The van der Waals surface area contributed by atoms with Crippen LogP contribution in [0.15, 0.2) is 29.7 Å². The summed E-state index contributed by atoms with van der Waals surface area (Å²) in [7, 11) is 1.21. The van der Waals surface area contributed by atoms with E-state index < -0.39 is 23.2 Å². The van der Waals surface area contributed by atoms with Gasteiger partial charge in [-0.15, -0.1) is 6.58 Å². The van der Waals surface area contributed by atoms with Crippen molar-refractivity contribution in [1.29, 1.82) is 0 Å². The maximum absolute atomic E-state index is 12.7. The number of nitrogens with zero attached hydrogens (tertiary/aromatic N) is 1. The Labute approximate surface area is 174 Å². The number of esters is 1. The van der Waals surface area contributed by atoms with E-state index in [9.17, 15) is 14.4 Å². The number of ether oxygens (including phenoxy) is 3. The molecule has 1 fully saturated rings. The fourth-order valence-electron chi connectivity index (χ4n) is 2.89. The highest BCUT2D eigenvalue weighted by Crippen LogP contribution is 2.38. The summed E-state index contributed by atoms with van der Waals surface area (Å²) in [4.78, 5) is 37.9. The van der Waals surface area contributed by atoms with E-state index in [2.05, 4.69) is 11.3 Å². The third-order valence-electron chi connectivity index (χ3n) is 4.16. The minimum atomic E-state index is -0.992. The summed E-state index contributed by atoms with van der Waals surface area (Å²) in [6.07, 6.45) is 3.92. The summed E-state index contributed by atoms with van der Waals surface area (Å²) in [5, 5.41) is -0.513. The van der Waals surface area contributed by atoms with Crippen molar-refractivity contribution in [2.45, 2.75) is 33.2 Å². The largest absolute Gasteiger partial charge is 0.490 e. The number of allylic oxidation sites excluding steroid dienone is 1. The van der Waals surface area contributed by atoms with E-state index in [0.29, 0.717) is 36.7 Å². The molecule has 0 bridgehead atoms. The third kappa shape index (κ3) is 5.00. The molecule has 0 N–H and O–H groups in total. The van der Waals surface area contributed by atoms with Gasteiger partial charge in [-0.3, -0.25) is 14.5 Å². The van der Waals surface area contributed by atoms with Crippen LogP contribution in [0.5, 0.6) is 11.5 Å². The molecule has 0 radical (unpaired) electrons. The van der Waals surface area contributed by atoms with Gasteiger partial charge in [0.2, 0.25) is 0 Å². The van der Waals surface area contributed by atoms with Crippen LogP contribution in [0.4, 0.5) is 4.79 Å². The molecule has 2 rings (SSSR count). The molecule has 8 heteroatoms. The molecule has 1 aliphatic heterocycles. The standard InChI is InChI=1S/C21H25NO6S/c1-6-9-15-10-14(11-16(27-7-2)18(15)28-8-3)12-17-19(23)22(21(25)29-17)13(4)20(24)26-5/h6,10-13H,1,7-9H2,2-5H3/b17-12+/t13-/m1/s1. The predicted octanol–water partition coefficient (Wildman–Crippen LogP) is 3.81.